The minimum Gasteiger partial charge on any atom is -0.443 e. The number of carbonyl (C=O) groups excluding carboxylic acids is 3. The number of rotatable bonds is 3. The van der Waals surface area contributed by atoms with E-state index in [2.05, 4.69) is 22.9 Å². The molecule has 0 radical (unpaired) electrons. The third-order valence-corrected chi connectivity index (χ3v) is 3.13. The zero-order valence-electron chi connectivity index (χ0n) is 16.4. The first-order valence-electron chi connectivity index (χ1n) is 8.35. The van der Waals surface area contributed by atoms with Crippen LogP contribution in [0.15, 0.2) is 30.3 Å². The van der Waals surface area contributed by atoms with E-state index < -0.39 is 35.6 Å². The maximum absolute atomic E-state index is 12.8. The Hall–Kier alpha value is -2.42. The van der Waals surface area contributed by atoms with Crippen LogP contribution >= 0.6 is 12.8 Å². The minimum atomic E-state index is -1.16. The van der Waals surface area contributed by atoms with Crippen LogP contribution in [-0.4, -0.2) is 34.3 Å². The van der Waals surface area contributed by atoms with Crippen molar-refractivity contribution in [3.8, 4) is 0 Å². The average molecular weight is 397 g/mol. The van der Waals surface area contributed by atoms with E-state index in [0.29, 0.717) is 5.56 Å². The van der Waals surface area contributed by atoms with Gasteiger partial charge >= 0.3 is 18.2 Å². The lowest BCUT2D eigenvalue weighted by molar-refractivity contribution is -0.00953. The van der Waals surface area contributed by atoms with Gasteiger partial charge in [-0.05, 0) is 47.1 Å². The smallest absolute Gasteiger partial charge is 0.421 e. The number of hydrogen-bond donors (Lipinski definition) is 3. The molecule has 0 fully saturated rings. The Morgan fingerprint density at radius 2 is 1.37 bits per heavy atom. The molecule has 9 heteroatoms. The summed E-state index contributed by atoms with van der Waals surface area (Å²) in [6.07, 6.45) is -3.07. The molecule has 1 unspecified atom stereocenters. The third-order valence-electron chi connectivity index (χ3n) is 2.92. The first-order valence-corrected chi connectivity index (χ1v) is 8.79. The molecule has 27 heavy (non-hydrogen) atoms. The summed E-state index contributed by atoms with van der Waals surface area (Å²) in [5.41, 5.74) is -1.24. The van der Waals surface area contributed by atoms with Crippen molar-refractivity contribution in [1.29, 1.82) is 0 Å². The summed E-state index contributed by atoms with van der Waals surface area (Å²) in [6.45, 7) is 10.0. The highest BCUT2D eigenvalue weighted by molar-refractivity contribution is 7.78. The number of benzene rings is 1. The summed E-state index contributed by atoms with van der Waals surface area (Å²) in [4.78, 5) is 38.2. The quantitative estimate of drug-likeness (QED) is 0.529. The van der Waals surface area contributed by atoms with E-state index in [4.69, 9.17) is 9.47 Å². The average Bonchev–Trinajstić information content (AvgIpc) is 2.51. The van der Waals surface area contributed by atoms with Crippen LogP contribution in [0.25, 0.3) is 0 Å². The Labute approximate surface area is 165 Å². The fourth-order valence-corrected chi connectivity index (χ4v) is 2.06. The predicted molar refractivity (Wildman–Crippen MR) is 104 cm³/mol. The molecule has 8 nitrogen and oxygen atoms in total. The van der Waals surface area contributed by atoms with Crippen LogP contribution in [0.5, 0.6) is 0 Å². The number of imide groups is 1. The SMILES string of the molecule is CC(C)(C)OC(=O)N(C(=O)OC(C)(C)C)C(NC(=O)NS)c1ccccc1. The number of amides is 4. The lowest BCUT2D eigenvalue weighted by Gasteiger charge is -2.33. The van der Waals surface area contributed by atoms with Gasteiger partial charge in [0.1, 0.15) is 17.4 Å². The number of hydrogen-bond acceptors (Lipinski definition) is 6. The van der Waals surface area contributed by atoms with Gasteiger partial charge < -0.3 is 14.8 Å². The van der Waals surface area contributed by atoms with Crippen LogP contribution in [0.4, 0.5) is 14.4 Å². The van der Waals surface area contributed by atoms with Crippen molar-refractivity contribution in [2.45, 2.75) is 58.9 Å². The summed E-state index contributed by atoms with van der Waals surface area (Å²) in [7, 11) is 0. The van der Waals surface area contributed by atoms with Crippen molar-refractivity contribution in [2.24, 2.45) is 0 Å². The molecular weight excluding hydrogens is 370 g/mol. The summed E-state index contributed by atoms with van der Waals surface area (Å²) in [6, 6.07) is 7.81. The van der Waals surface area contributed by atoms with Crippen LogP contribution in [0.2, 0.25) is 0 Å². The highest BCUT2D eigenvalue weighted by atomic mass is 32.1. The molecule has 2 N–H and O–H groups in total. The molecule has 0 heterocycles. The van der Waals surface area contributed by atoms with Crippen molar-refractivity contribution in [3.63, 3.8) is 0 Å². The highest BCUT2D eigenvalue weighted by Gasteiger charge is 2.38. The van der Waals surface area contributed by atoms with E-state index in [-0.39, 0.29) is 0 Å². The Kier molecular flexibility index (Phi) is 7.53. The van der Waals surface area contributed by atoms with Gasteiger partial charge in [-0.3, -0.25) is 4.72 Å². The van der Waals surface area contributed by atoms with Gasteiger partial charge in [0.25, 0.3) is 0 Å². The van der Waals surface area contributed by atoms with E-state index in [0.717, 1.165) is 4.90 Å². The van der Waals surface area contributed by atoms with Crippen molar-refractivity contribution < 1.29 is 23.9 Å². The Balaban J connectivity index is 3.37. The van der Waals surface area contributed by atoms with Crippen LogP contribution in [-0.2, 0) is 9.47 Å². The second-order valence-corrected chi connectivity index (χ2v) is 7.95. The molecule has 0 bridgehead atoms. The fourth-order valence-electron chi connectivity index (χ4n) is 2.00. The van der Waals surface area contributed by atoms with Gasteiger partial charge in [0.2, 0.25) is 0 Å². The molecule has 0 aliphatic rings. The molecule has 1 atom stereocenters. The number of thiol groups is 1. The number of urea groups is 1. The Morgan fingerprint density at radius 1 is 0.926 bits per heavy atom. The zero-order valence-corrected chi connectivity index (χ0v) is 17.3. The van der Waals surface area contributed by atoms with Gasteiger partial charge in [0.05, 0.1) is 0 Å². The van der Waals surface area contributed by atoms with Crippen LogP contribution in [0, 0.1) is 0 Å². The van der Waals surface area contributed by atoms with Crippen molar-refractivity contribution in [3.05, 3.63) is 35.9 Å². The van der Waals surface area contributed by atoms with E-state index in [1.807, 2.05) is 0 Å². The monoisotopic (exact) mass is 397 g/mol. The standard InChI is InChI=1S/C18H27N3O5S/c1-17(2,3)25-15(23)21(16(24)26-18(4,5)6)13(19-14(22)20-27)12-10-8-7-9-11-12/h7-11,13,27H,1-6H3,(H2,19,20,22). The van der Waals surface area contributed by atoms with Crippen LogP contribution < -0.4 is 10.0 Å². The van der Waals surface area contributed by atoms with Crippen molar-refractivity contribution in [2.75, 3.05) is 0 Å². The number of carbonyl (C=O) groups is 3. The first-order chi connectivity index (χ1) is 12.3. The van der Waals surface area contributed by atoms with Gasteiger partial charge in [-0.1, -0.05) is 43.1 Å². The molecule has 4 amide bonds. The third kappa shape index (κ3) is 7.78. The molecule has 0 saturated carbocycles. The Morgan fingerprint density at radius 3 is 1.74 bits per heavy atom. The topological polar surface area (TPSA) is 97.0 Å². The molecule has 1 rings (SSSR count). The molecule has 0 aliphatic heterocycles. The molecule has 1 aromatic carbocycles. The molecular formula is C18H27N3O5S. The molecule has 0 aromatic heterocycles. The molecule has 0 spiro atoms. The fraction of sp³-hybridized carbons (Fsp3) is 0.500. The largest absolute Gasteiger partial charge is 0.443 e. The number of nitrogens with zero attached hydrogens (tertiary/aromatic N) is 1. The lowest BCUT2D eigenvalue weighted by Crippen LogP contribution is -2.51. The van der Waals surface area contributed by atoms with E-state index in [1.165, 1.54) is 0 Å². The van der Waals surface area contributed by atoms with Crippen molar-refractivity contribution in [1.82, 2.24) is 14.9 Å². The first kappa shape index (κ1) is 22.6. The second-order valence-electron chi connectivity index (χ2n) is 7.73. The minimum absolute atomic E-state index is 0.478. The number of ether oxygens (including phenoxy) is 2. The lowest BCUT2D eigenvalue weighted by atomic mass is 10.1. The second kappa shape index (κ2) is 8.98. The van der Waals surface area contributed by atoms with Gasteiger partial charge in [0.15, 0.2) is 0 Å². The maximum atomic E-state index is 12.8. The summed E-state index contributed by atoms with van der Waals surface area (Å²) >= 11 is 3.70. The highest BCUT2D eigenvalue weighted by Crippen LogP contribution is 2.24. The van der Waals surface area contributed by atoms with E-state index >= 15 is 0 Å². The van der Waals surface area contributed by atoms with Crippen LogP contribution in [0.3, 0.4) is 0 Å². The molecule has 0 saturated heterocycles. The van der Waals surface area contributed by atoms with Gasteiger partial charge in [-0.25, -0.2) is 14.4 Å². The molecule has 150 valence electrons. The zero-order chi connectivity index (χ0) is 20.8. The summed E-state index contributed by atoms with van der Waals surface area (Å²) in [5.74, 6) is 0. The molecule has 0 aliphatic carbocycles. The van der Waals surface area contributed by atoms with Gasteiger partial charge in [-0.2, -0.15) is 4.90 Å². The maximum Gasteiger partial charge on any atom is 0.421 e. The van der Waals surface area contributed by atoms with Crippen LogP contribution in [0.1, 0.15) is 53.3 Å². The molecule has 1 aromatic rings. The predicted octanol–water partition coefficient (Wildman–Crippen LogP) is 4.00. The summed E-state index contributed by atoms with van der Waals surface area (Å²) < 4.78 is 12.8. The van der Waals surface area contributed by atoms with Gasteiger partial charge in [0, 0.05) is 0 Å². The summed E-state index contributed by atoms with van der Waals surface area (Å²) in [5, 5.41) is 2.51. The number of nitrogens with one attached hydrogen (secondary N) is 2. The van der Waals surface area contributed by atoms with Crippen molar-refractivity contribution >= 4 is 31.0 Å². The normalized spacial score (nSPS) is 12.6. The Bertz CT molecular complexity index is 640. The van der Waals surface area contributed by atoms with Gasteiger partial charge in [-0.15, -0.1) is 0 Å². The van der Waals surface area contributed by atoms with E-state index in [9.17, 15) is 14.4 Å². The van der Waals surface area contributed by atoms with E-state index in [1.54, 1.807) is 71.9 Å².